The molecule has 2 atom stereocenters. The fourth-order valence-corrected chi connectivity index (χ4v) is 1.70. The molecule has 16 heavy (non-hydrogen) atoms. The van der Waals surface area contributed by atoms with Crippen molar-refractivity contribution in [3.63, 3.8) is 0 Å². The van der Waals surface area contributed by atoms with Gasteiger partial charge in [-0.2, -0.15) is 0 Å². The lowest BCUT2D eigenvalue weighted by molar-refractivity contribution is -0.148. The van der Waals surface area contributed by atoms with Crippen LogP contribution in [0.4, 0.5) is 0 Å². The molecule has 1 fully saturated rings. The molecular weight excluding hydrogens is 212 g/mol. The summed E-state index contributed by atoms with van der Waals surface area (Å²) in [4.78, 5) is 22.0. The number of carbonyl (C=O) groups is 2. The Hall–Kier alpha value is -1.14. The van der Waals surface area contributed by atoms with Crippen molar-refractivity contribution in [2.75, 3.05) is 20.2 Å². The van der Waals surface area contributed by atoms with Crippen molar-refractivity contribution in [3.05, 3.63) is 0 Å². The predicted molar refractivity (Wildman–Crippen MR) is 57.1 cm³/mol. The number of carbonyl (C=O) groups excluding carboxylic acids is 1. The lowest BCUT2D eigenvalue weighted by Crippen LogP contribution is -2.39. The van der Waals surface area contributed by atoms with Gasteiger partial charge in [-0.15, -0.1) is 0 Å². The van der Waals surface area contributed by atoms with Gasteiger partial charge in [-0.1, -0.05) is 0 Å². The molecule has 0 saturated carbocycles. The summed E-state index contributed by atoms with van der Waals surface area (Å²) >= 11 is 0. The average molecular weight is 230 g/mol. The number of amides is 1. The van der Waals surface area contributed by atoms with E-state index in [1.54, 1.807) is 0 Å². The molecule has 3 N–H and O–H groups in total. The van der Waals surface area contributed by atoms with Gasteiger partial charge in [0, 0.05) is 19.6 Å². The van der Waals surface area contributed by atoms with E-state index in [1.807, 2.05) is 0 Å². The van der Waals surface area contributed by atoms with E-state index in [2.05, 4.69) is 10.6 Å². The van der Waals surface area contributed by atoms with Gasteiger partial charge >= 0.3 is 5.97 Å². The van der Waals surface area contributed by atoms with E-state index in [0.717, 1.165) is 19.4 Å². The first-order valence-corrected chi connectivity index (χ1v) is 5.39. The summed E-state index contributed by atoms with van der Waals surface area (Å²) in [7, 11) is 1.31. The zero-order chi connectivity index (χ0) is 12.0. The zero-order valence-electron chi connectivity index (χ0n) is 9.36. The summed E-state index contributed by atoms with van der Waals surface area (Å²) in [6.07, 6.45) is 1.52. The third-order valence-electron chi connectivity index (χ3n) is 2.64. The van der Waals surface area contributed by atoms with Crippen LogP contribution < -0.4 is 10.6 Å². The predicted octanol–water partition coefficient (Wildman–Crippen LogP) is -0.656. The van der Waals surface area contributed by atoms with Gasteiger partial charge in [0.25, 0.3) is 0 Å². The summed E-state index contributed by atoms with van der Waals surface area (Å²) in [5.41, 5.74) is 0. The zero-order valence-corrected chi connectivity index (χ0v) is 9.36. The average Bonchev–Trinajstić information content (AvgIpc) is 2.70. The van der Waals surface area contributed by atoms with Crippen LogP contribution in [0.5, 0.6) is 0 Å². The minimum atomic E-state index is -1.07. The molecule has 1 rings (SSSR count). The summed E-state index contributed by atoms with van der Waals surface area (Å²) in [6.45, 7) is 0.963. The van der Waals surface area contributed by atoms with E-state index in [-0.39, 0.29) is 18.5 Å². The van der Waals surface area contributed by atoms with Gasteiger partial charge in [0.05, 0.1) is 6.54 Å². The van der Waals surface area contributed by atoms with E-state index in [0.29, 0.717) is 6.42 Å². The lowest BCUT2D eigenvalue weighted by atomic mass is 10.1. The maximum atomic E-state index is 11.4. The molecule has 1 aliphatic rings. The number of hydrogen-bond donors (Lipinski definition) is 3. The summed E-state index contributed by atoms with van der Waals surface area (Å²) in [6, 6.07) is 0.228. The molecule has 2 unspecified atom stereocenters. The van der Waals surface area contributed by atoms with Crippen LogP contribution in [0, 0.1) is 0 Å². The minimum Gasteiger partial charge on any atom is -0.479 e. The summed E-state index contributed by atoms with van der Waals surface area (Å²) in [5, 5.41) is 14.4. The van der Waals surface area contributed by atoms with Crippen LogP contribution in [-0.4, -0.2) is 49.3 Å². The van der Waals surface area contributed by atoms with E-state index < -0.39 is 12.1 Å². The Bertz CT molecular complexity index is 251. The minimum absolute atomic E-state index is 0.0113. The van der Waals surface area contributed by atoms with Crippen molar-refractivity contribution in [3.8, 4) is 0 Å². The summed E-state index contributed by atoms with van der Waals surface area (Å²) < 4.78 is 4.70. The molecule has 6 heteroatoms. The molecule has 6 nitrogen and oxygen atoms in total. The van der Waals surface area contributed by atoms with Crippen molar-refractivity contribution in [1.29, 1.82) is 0 Å². The van der Waals surface area contributed by atoms with Crippen LogP contribution in [-0.2, 0) is 14.3 Å². The highest BCUT2D eigenvalue weighted by Crippen LogP contribution is 2.08. The molecule has 0 aliphatic carbocycles. The van der Waals surface area contributed by atoms with E-state index in [1.165, 1.54) is 7.11 Å². The van der Waals surface area contributed by atoms with Crippen LogP contribution in [0.3, 0.4) is 0 Å². The number of carboxylic acids is 1. The lowest BCUT2D eigenvalue weighted by Gasteiger charge is -2.13. The Balaban J connectivity index is 2.20. The monoisotopic (exact) mass is 230 g/mol. The van der Waals surface area contributed by atoms with Gasteiger partial charge in [-0.05, 0) is 19.4 Å². The molecule has 0 spiro atoms. The van der Waals surface area contributed by atoms with Crippen molar-refractivity contribution in [1.82, 2.24) is 10.6 Å². The van der Waals surface area contributed by atoms with Gasteiger partial charge in [0.2, 0.25) is 5.91 Å². The number of aliphatic carboxylic acids is 1. The smallest absolute Gasteiger partial charge is 0.334 e. The number of nitrogens with one attached hydrogen (secondary N) is 2. The largest absolute Gasteiger partial charge is 0.479 e. The van der Waals surface area contributed by atoms with Crippen LogP contribution in [0.1, 0.15) is 19.3 Å². The Morgan fingerprint density at radius 2 is 2.38 bits per heavy atom. The number of ether oxygens (including phenoxy) is 1. The number of rotatable bonds is 6. The Kier molecular flexibility index (Phi) is 5.21. The van der Waals surface area contributed by atoms with E-state index in [4.69, 9.17) is 9.84 Å². The first kappa shape index (κ1) is 12.9. The van der Waals surface area contributed by atoms with Crippen LogP contribution >= 0.6 is 0 Å². The molecule has 0 aromatic carbocycles. The highest BCUT2D eigenvalue weighted by Gasteiger charge is 2.20. The number of methoxy groups -OCH3 is 1. The highest BCUT2D eigenvalue weighted by atomic mass is 16.5. The Morgan fingerprint density at radius 1 is 1.62 bits per heavy atom. The first-order valence-electron chi connectivity index (χ1n) is 5.39. The first-order chi connectivity index (χ1) is 7.63. The van der Waals surface area contributed by atoms with Crippen molar-refractivity contribution in [2.24, 2.45) is 0 Å². The van der Waals surface area contributed by atoms with Gasteiger partial charge < -0.3 is 20.5 Å². The molecule has 0 bridgehead atoms. The Labute approximate surface area is 94.3 Å². The molecule has 1 aliphatic heterocycles. The SMILES string of the molecule is COC(CNC(=O)CC1CCCN1)C(=O)O. The van der Waals surface area contributed by atoms with Gasteiger partial charge in [0.1, 0.15) is 0 Å². The maximum absolute atomic E-state index is 11.4. The van der Waals surface area contributed by atoms with Crippen LogP contribution in [0.25, 0.3) is 0 Å². The molecular formula is C10H18N2O4. The van der Waals surface area contributed by atoms with Crippen molar-refractivity contribution in [2.45, 2.75) is 31.4 Å². The normalized spacial score (nSPS) is 21.7. The van der Waals surface area contributed by atoms with Crippen molar-refractivity contribution >= 4 is 11.9 Å². The standard InChI is InChI=1S/C10H18N2O4/c1-16-8(10(14)15)6-12-9(13)5-7-3-2-4-11-7/h7-8,11H,2-6H2,1H3,(H,12,13)(H,14,15). The molecule has 0 aromatic rings. The third kappa shape index (κ3) is 4.16. The van der Waals surface area contributed by atoms with Crippen molar-refractivity contribution < 1.29 is 19.4 Å². The second kappa shape index (κ2) is 6.44. The molecule has 1 saturated heterocycles. The van der Waals surface area contributed by atoms with Crippen LogP contribution in [0.15, 0.2) is 0 Å². The summed E-state index contributed by atoms with van der Waals surface area (Å²) in [5.74, 6) is -1.20. The Morgan fingerprint density at radius 3 is 2.88 bits per heavy atom. The van der Waals surface area contributed by atoms with Crippen LogP contribution in [0.2, 0.25) is 0 Å². The van der Waals surface area contributed by atoms with Gasteiger partial charge in [0.15, 0.2) is 6.10 Å². The molecule has 0 aromatic heterocycles. The quantitative estimate of drug-likeness (QED) is 0.564. The topological polar surface area (TPSA) is 87.7 Å². The fourth-order valence-electron chi connectivity index (χ4n) is 1.70. The van der Waals surface area contributed by atoms with Gasteiger partial charge in [-0.25, -0.2) is 4.79 Å². The van der Waals surface area contributed by atoms with E-state index in [9.17, 15) is 9.59 Å². The maximum Gasteiger partial charge on any atom is 0.334 e. The van der Waals surface area contributed by atoms with Gasteiger partial charge in [-0.3, -0.25) is 4.79 Å². The molecule has 1 heterocycles. The molecule has 0 radical (unpaired) electrons. The highest BCUT2D eigenvalue weighted by molar-refractivity contribution is 5.78. The number of carboxylic acid groups (broad SMARTS) is 1. The fraction of sp³-hybridized carbons (Fsp3) is 0.800. The molecule has 92 valence electrons. The third-order valence-corrected chi connectivity index (χ3v) is 2.64. The molecule has 1 amide bonds. The number of hydrogen-bond acceptors (Lipinski definition) is 4. The second-order valence-electron chi connectivity index (χ2n) is 3.86. The second-order valence-corrected chi connectivity index (χ2v) is 3.86. The van der Waals surface area contributed by atoms with E-state index >= 15 is 0 Å².